The number of nitrogens with two attached hydrogens (primary N) is 1. The number of alkyl halides is 2. The fourth-order valence-electron chi connectivity index (χ4n) is 4.49. The molecular weight excluding hydrogens is 541 g/mol. The number of hydrogen-bond donors (Lipinski definition) is 3. The van der Waals surface area contributed by atoms with E-state index in [1.54, 1.807) is 4.40 Å². The fourth-order valence-corrected chi connectivity index (χ4v) is 5.41. The Morgan fingerprint density at radius 2 is 1.90 bits per heavy atom. The number of aryl methyl sites for hydroxylation is 1. The van der Waals surface area contributed by atoms with Crippen LogP contribution in [0.5, 0.6) is 5.75 Å². The van der Waals surface area contributed by atoms with Crippen LogP contribution >= 0.6 is 11.3 Å². The standard InChI is InChI=1S/C28H23F3N6O2S/c1-14-12-40-21-11-18(22(27(38)37(14)21)16-6-4-3-5-7-16)15(2)36-26-23(25(33)34-13-35-26)24(32)17-8-9-20(19(29)10-17)39-28(30)31/h3-13,15,28,32H,1-2H3,(H3,33,34,35,36)/t15-/m0/s1. The zero-order chi connectivity index (χ0) is 28.6. The second kappa shape index (κ2) is 10.8. The van der Waals surface area contributed by atoms with Crippen LogP contribution in [0.4, 0.5) is 24.8 Å². The third kappa shape index (κ3) is 5.00. The summed E-state index contributed by atoms with van der Waals surface area (Å²) in [6, 6.07) is 13.9. The zero-order valence-electron chi connectivity index (χ0n) is 21.3. The lowest BCUT2D eigenvalue weighted by Crippen LogP contribution is -2.22. The first-order valence-corrected chi connectivity index (χ1v) is 12.9. The van der Waals surface area contributed by atoms with Crippen molar-refractivity contribution >= 4 is 33.5 Å². The van der Waals surface area contributed by atoms with Gasteiger partial charge in [-0.2, -0.15) is 8.78 Å². The van der Waals surface area contributed by atoms with E-state index in [1.165, 1.54) is 23.7 Å². The molecular formula is C28H23F3N6O2S. The molecule has 0 aliphatic rings. The Labute approximate surface area is 230 Å². The summed E-state index contributed by atoms with van der Waals surface area (Å²) in [4.78, 5) is 22.7. The molecule has 0 unspecified atom stereocenters. The van der Waals surface area contributed by atoms with Gasteiger partial charge in [-0.15, -0.1) is 11.3 Å². The van der Waals surface area contributed by atoms with Gasteiger partial charge in [-0.1, -0.05) is 30.3 Å². The number of nitrogen functional groups attached to an aromatic ring is 1. The second-order valence-corrected chi connectivity index (χ2v) is 9.83. The summed E-state index contributed by atoms with van der Waals surface area (Å²) in [7, 11) is 0. The highest BCUT2D eigenvalue weighted by molar-refractivity contribution is 7.15. The highest BCUT2D eigenvalue weighted by Crippen LogP contribution is 2.32. The minimum atomic E-state index is -3.19. The van der Waals surface area contributed by atoms with E-state index in [9.17, 15) is 18.0 Å². The molecule has 3 aromatic heterocycles. The fraction of sp³-hybridized carbons (Fsp3) is 0.143. The summed E-state index contributed by atoms with van der Waals surface area (Å²) in [6.45, 7) is 0.527. The molecule has 0 amide bonds. The maximum atomic E-state index is 14.4. The summed E-state index contributed by atoms with van der Waals surface area (Å²) in [5.74, 6) is -1.57. The van der Waals surface area contributed by atoms with Crippen LogP contribution in [-0.4, -0.2) is 26.7 Å². The second-order valence-electron chi connectivity index (χ2n) is 8.94. The van der Waals surface area contributed by atoms with E-state index >= 15 is 0 Å². The molecule has 4 N–H and O–H groups in total. The van der Waals surface area contributed by atoms with Crippen LogP contribution in [-0.2, 0) is 0 Å². The van der Waals surface area contributed by atoms with E-state index in [0.717, 1.165) is 28.2 Å². The highest BCUT2D eigenvalue weighted by Gasteiger charge is 2.23. The lowest BCUT2D eigenvalue weighted by Gasteiger charge is -2.21. The number of ether oxygens (including phenoxy) is 1. The minimum Gasteiger partial charge on any atom is -0.432 e. The SMILES string of the molecule is Cc1csc2cc([C@H](C)Nc3ncnc(N)c3C(=N)c3ccc(OC(F)F)c(F)c3)c(-c3ccccc3)c(=O)n12. The maximum absolute atomic E-state index is 14.4. The van der Waals surface area contributed by atoms with Crippen molar-refractivity contribution < 1.29 is 17.9 Å². The number of nitrogens with zero attached hydrogens (tertiary/aromatic N) is 3. The van der Waals surface area contributed by atoms with Gasteiger partial charge in [0.25, 0.3) is 5.56 Å². The van der Waals surface area contributed by atoms with Gasteiger partial charge in [0.2, 0.25) is 0 Å². The van der Waals surface area contributed by atoms with Gasteiger partial charge in [-0.3, -0.25) is 14.6 Å². The predicted octanol–water partition coefficient (Wildman–Crippen LogP) is 6.04. The van der Waals surface area contributed by atoms with Gasteiger partial charge < -0.3 is 15.8 Å². The van der Waals surface area contributed by atoms with Crippen molar-refractivity contribution in [2.45, 2.75) is 26.5 Å². The quantitative estimate of drug-likeness (QED) is 0.198. The van der Waals surface area contributed by atoms with Gasteiger partial charge in [0.15, 0.2) is 11.6 Å². The minimum absolute atomic E-state index is 0.0456. The number of anilines is 2. The Kier molecular flexibility index (Phi) is 7.26. The van der Waals surface area contributed by atoms with Gasteiger partial charge in [0.05, 0.1) is 22.9 Å². The molecule has 0 aliphatic heterocycles. The van der Waals surface area contributed by atoms with Crippen LogP contribution < -0.4 is 21.3 Å². The number of nitrogens with one attached hydrogen (secondary N) is 2. The molecule has 1 atom stereocenters. The lowest BCUT2D eigenvalue weighted by atomic mass is 9.96. The number of thiazole rings is 1. The van der Waals surface area contributed by atoms with Crippen LogP contribution in [0.3, 0.4) is 0 Å². The summed E-state index contributed by atoms with van der Waals surface area (Å²) < 4.78 is 45.4. The van der Waals surface area contributed by atoms with Crippen LogP contribution in [0, 0.1) is 18.2 Å². The predicted molar refractivity (Wildman–Crippen MR) is 149 cm³/mol. The Hall–Kier alpha value is -4.71. The van der Waals surface area contributed by atoms with E-state index in [1.807, 2.05) is 55.6 Å². The molecule has 8 nitrogen and oxygen atoms in total. The molecule has 40 heavy (non-hydrogen) atoms. The largest absolute Gasteiger partial charge is 0.432 e. The van der Waals surface area contributed by atoms with E-state index < -0.39 is 24.2 Å². The first-order chi connectivity index (χ1) is 19.2. The summed E-state index contributed by atoms with van der Waals surface area (Å²) in [5.41, 5.74) is 8.65. The molecule has 0 spiro atoms. The van der Waals surface area contributed by atoms with Crippen LogP contribution in [0.15, 0.2) is 71.1 Å². The average Bonchev–Trinajstić information content (AvgIpc) is 3.30. The molecule has 0 saturated carbocycles. The summed E-state index contributed by atoms with van der Waals surface area (Å²) >= 11 is 1.45. The van der Waals surface area contributed by atoms with Crippen molar-refractivity contribution in [3.63, 3.8) is 0 Å². The molecule has 0 radical (unpaired) electrons. The van der Waals surface area contributed by atoms with Gasteiger partial charge in [-0.05, 0) is 49.2 Å². The molecule has 2 aromatic carbocycles. The van der Waals surface area contributed by atoms with E-state index in [2.05, 4.69) is 20.0 Å². The normalized spacial score (nSPS) is 12.1. The Balaban J connectivity index is 1.56. The van der Waals surface area contributed by atoms with E-state index in [4.69, 9.17) is 11.1 Å². The molecule has 204 valence electrons. The van der Waals surface area contributed by atoms with Crippen LogP contribution in [0.1, 0.15) is 35.3 Å². The number of benzene rings is 2. The number of fused-ring (bicyclic) bond motifs is 1. The maximum Gasteiger partial charge on any atom is 0.387 e. The van der Waals surface area contributed by atoms with Gasteiger partial charge in [0.1, 0.15) is 22.8 Å². The zero-order valence-corrected chi connectivity index (χ0v) is 22.1. The molecule has 0 aliphatic carbocycles. The van der Waals surface area contributed by atoms with Crippen molar-refractivity contribution in [2.75, 3.05) is 11.1 Å². The average molecular weight is 565 g/mol. The van der Waals surface area contributed by atoms with Gasteiger partial charge in [0, 0.05) is 16.6 Å². The van der Waals surface area contributed by atoms with E-state index in [-0.39, 0.29) is 34.0 Å². The first kappa shape index (κ1) is 26.9. The third-order valence-electron chi connectivity index (χ3n) is 6.35. The Morgan fingerprint density at radius 1 is 1.15 bits per heavy atom. The van der Waals surface area contributed by atoms with Crippen molar-refractivity contribution in [3.8, 4) is 16.9 Å². The number of aromatic nitrogens is 3. The Bertz CT molecular complexity index is 1790. The molecule has 0 bridgehead atoms. The van der Waals surface area contributed by atoms with Crippen molar-refractivity contribution in [1.29, 1.82) is 5.41 Å². The molecule has 3 heterocycles. The van der Waals surface area contributed by atoms with Crippen LogP contribution in [0.2, 0.25) is 0 Å². The van der Waals surface area contributed by atoms with Crippen molar-refractivity contribution in [3.05, 3.63) is 105 Å². The molecule has 0 saturated heterocycles. The lowest BCUT2D eigenvalue weighted by molar-refractivity contribution is -0.0521. The monoisotopic (exact) mass is 564 g/mol. The molecule has 0 fully saturated rings. The smallest absolute Gasteiger partial charge is 0.387 e. The number of pyridine rings is 1. The van der Waals surface area contributed by atoms with Crippen LogP contribution in [0.25, 0.3) is 16.0 Å². The van der Waals surface area contributed by atoms with Crippen molar-refractivity contribution in [2.24, 2.45) is 0 Å². The van der Waals surface area contributed by atoms with Crippen molar-refractivity contribution in [1.82, 2.24) is 14.4 Å². The number of hydrogen-bond acceptors (Lipinski definition) is 8. The topological polar surface area (TPSA) is 118 Å². The summed E-state index contributed by atoms with van der Waals surface area (Å²) in [5, 5.41) is 13.9. The molecule has 12 heteroatoms. The molecule has 5 aromatic rings. The van der Waals surface area contributed by atoms with Gasteiger partial charge in [-0.25, -0.2) is 14.4 Å². The van der Waals surface area contributed by atoms with E-state index in [0.29, 0.717) is 11.1 Å². The Morgan fingerprint density at radius 3 is 2.60 bits per heavy atom. The molecule has 5 rings (SSSR count). The highest BCUT2D eigenvalue weighted by atomic mass is 32.1. The first-order valence-electron chi connectivity index (χ1n) is 12.1. The number of halogens is 3. The number of rotatable bonds is 8. The third-order valence-corrected chi connectivity index (χ3v) is 7.35. The van der Waals surface area contributed by atoms with Gasteiger partial charge >= 0.3 is 6.61 Å². The summed E-state index contributed by atoms with van der Waals surface area (Å²) in [6.07, 6.45) is 1.22.